The summed E-state index contributed by atoms with van der Waals surface area (Å²) < 4.78 is 26.8. The van der Waals surface area contributed by atoms with Gasteiger partial charge in [-0.25, -0.2) is 0 Å². The first-order chi connectivity index (χ1) is 4.27. The van der Waals surface area contributed by atoms with E-state index >= 15 is 0 Å². The molecule has 0 aromatic rings. The van der Waals surface area contributed by atoms with Crippen molar-refractivity contribution < 1.29 is 13.0 Å². The Kier molecular flexibility index (Phi) is 8.49. The van der Waals surface area contributed by atoms with Crippen molar-refractivity contribution in [1.29, 1.82) is 0 Å². The van der Waals surface area contributed by atoms with Crippen LogP contribution in [0, 0.1) is 0 Å². The molecule has 1 atom stereocenters. The zero-order valence-corrected chi connectivity index (χ0v) is 8.89. The minimum absolute atomic E-state index is 0.715. The molecule has 0 heterocycles. The Morgan fingerprint density at radius 2 is 1.70 bits per heavy atom. The van der Waals surface area contributed by atoms with Crippen LogP contribution in [0.15, 0.2) is 0 Å². The van der Waals surface area contributed by atoms with Crippen molar-refractivity contribution in [3.63, 3.8) is 0 Å². The molecule has 5 heteroatoms. The van der Waals surface area contributed by atoms with Gasteiger partial charge in [0, 0.05) is 13.3 Å². The van der Waals surface area contributed by atoms with Gasteiger partial charge in [-0.05, 0) is 0 Å². The molecule has 0 fully saturated rings. The van der Waals surface area contributed by atoms with E-state index in [0.29, 0.717) is 6.26 Å². The second-order valence-corrected chi connectivity index (χ2v) is 5.11. The van der Waals surface area contributed by atoms with Gasteiger partial charge in [-0.2, -0.15) is 8.42 Å². The van der Waals surface area contributed by atoms with E-state index in [9.17, 15) is 8.42 Å². The Balaban J connectivity index is 0. The lowest BCUT2D eigenvalue weighted by Crippen LogP contribution is -1.88. The van der Waals surface area contributed by atoms with Crippen molar-refractivity contribution in [3.8, 4) is 0 Å². The Hall–Kier alpha value is 0.676. The third-order valence-electron chi connectivity index (χ3n) is 0.697. The van der Waals surface area contributed by atoms with Gasteiger partial charge in [0.05, 0.1) is 6.26 Å². The highest BCUT2D eigenvalue weighted by atomic mass is 32.2. The van der Waals surface area contributed by atoms with Crippen molar-refractivity contribution in [2.75, 3.05) is 6.26 Å². The van der Waals surface area contributed by atoms with Crippen molar-refractivity contribution in [2.45, 2.75) is 24.3 Å². The Bertz CT molecular complexity index is 142. The molecule has 57 valence electrons. The Labute approximate surface area is 75.4 Å². The highest BCUT2D eigenvalue weighted by Crippen LogP contribution is 1.97. The first-order valence-corrected chi connectivity index (χ1v) is 5.69. The summed E-state index contributed by atoms with van der Waals surface area (Å²) in [5.74, 6) is 0. The van der Waals surface area contributed by atoms with Crippen LogP contribution >= 0.6 is 0 Å². The summed E-state index contributed by atoms with van der Waals surface area (Å²) in [7, 11) is -3.67. The van der Waals surface area contributed by atoms with Gasteiger partial charge < -0.3 is 0 Å². The molecule has 1 N–H and O–H groups in total. The maximum absolute atomic E-state index is 9.19. The minimum atomic E-state index is -3.67. The van der Waals surface area contributed by atoms with Crippen LogP contribution in [0.5, 0.6) is 0 Å². The molecule has 0 rings (SSSR count). The van der Waals surface area contributed by atoms with E-state index < -0.39 is 10.1 Å². The van der Waals surface area contributed by atoms with Crippen LogP contribution in [-0.4, -0.2) is 40.9 Å². The Morgan fingerprint density at radius 1 is 1.60 bits per heavy atom. The summed E-state index contributed by atoms with van der Waals surface area (Å²) in [5.41, 5.74) is 0. The van der Waals surface area contributed by atoms with Gasteiger partial charge in [0.1, 0.15) is 0 Å². The van der Waals surface area contributed by atoms with Crippen molar-refractivity contribution in [1.82, 2.24) is 0 Å². The molecule has 0 spiro atoms. The molecule has 0 aliphatic carbocycles. The average molecular weight is 178 g/mol. The van der Waals surface area contributed by atoms with Crippen LogP contribution in [-0.2, 0) is 10.1 Å². The standard InChI is InChI=1S/C4H9.CH4O3S.Mg/c1-3-4-2;1-5(2,3)4;/h3H,4H2,1-2H3;1H3,(H,2,3,4);/q;;+2. The van der Waals surface area contributed by atoms with Crippen molar-refractivity contribution in [2.24, 2.45) is 0 Å². The molecule has 0 aliphatic heterocycles. The summed E-state index contributed by atoms with van der Waals surface area (Å²) >= 11 is 2.05. The highest BCUT2D eigenvalue weighted by molar-refractivity contribution is 7.85. The molecule has 0 aliphatic rings. The van der Waals surface area contributed by atoms with Gasteiger partial charge in [-0.15, -0.1) is 0 Å². The Morgan fingerprint density at radius 3 is 1.70 bits per heavy atom. The monoisotopic (exact) mass is 177 g/mol. The van der Waals surface area contributed by atoms with E-state index in [1.165, 1.54) is 6.42 Å². The fraction of sp³-hybridized carbons (Fsp3) is 1.00. The molecule has 0 aromatic heterocycles. The molecule has 0 saturated carbocycles. The minimum Gasteiger partial charge on any atom is -0.286 e. The van der Waals surface area contributed by atoms with E-state index in [1.807, 2.05) is 0 Å². The van der Waals surface area contributed by atoms with E-state index in [4.69, 9.17) is 4.55 Å². The molecule has 0 saturated heterocycles. The molecule has 1 unspecified atom stereocenters. The molecule has 0 bridgehead atoms. The zero-order chi connectivity index (χ0) is 8.78. The predicted octanol–water partition coefficient (Wildman–Crippen LogP) is 0.877. The topological polar surface area (TPSA) is 54.4 Å². The van der Waals surface area contributed by atoms with Crippen LogP contribution in [0.4, 0.5) is 0 Å². The summed E-state index contributed by atoms with van der Waals surface area (Å²) in [6.07, 6.45) is 2.03. The fourth-order valence-corrected chi connectivity index (χ4v) is 0. The van der Waals surface area contributed by atoms with E-state index in [-0.39, 0.29) is 0 Å². The van der Waals surface area contributed by atoms with Crippen LogP contribution in [0.2, 0.25) is 4.05 Å². The smallest absolute Gasteiger partial charge is 0.286 e. The number of rotatable bonds is 1. The lowest BCUT2D eigenvalue weighted by molar-refractivity contribution is 0.490. The molecule has 10 heavy (non-hydrogen) atoms. The van der Waals surface area contributed by atoms with E-state index in [0.717, 1.165) is 4.05 Å². The normalized spacial score (nSPS) is 13.3. The summed E-state index contributed by atoms with van der Waals surface area (Å²) in [5, 5.41) is 0. The third kappa shape index (κ3) is 71.4. The average Bonchev–Trinajstić information content (AvgIpc) is 1.61. The predicted molar refractivity (Wildman–Crippen MR) is 42.9 cm³/mol. The van der Waals surface area contributed by atoms with Gasteiger partial charge in [0.25, 0.3) is 14.2 Å². The third-order valence-corrected chi connectivity index (χ3v) is 1.27. The van der Waals surface area contributed by atoms with Gasteiger partial charge >= 0.3 is 21.7 Å². The molecular weight excluding hydrogens is 164 g/mol. The van der Waals surface area contributed by atoms with Gasteiger partial charge in [-0.3, -0.25) is 4.55 Å². The van der Waals surface area contributed by atoms with Crippen molar-refractivity contribution >= 4 is 31.8 Å². The highest BCUT2D eigenvalue weighted by Gasteiger charge is 2.33. The maximum Gasteiger partial charge on any atom is 1.42 e. The van der Waals surface area contributed by atoms with Gasteiger partial charge in [0.2, 0.25) is 0 Å². The zero-order valence-electron chi connectivity index (χ0n) is 6.66. The number of hydrogen-bond donors (Lipinski definition) is 1. The quantitative estimate of drug-likeness (QED) is 0.478. The van der Waals surface area contributed by atoms with E-state index in [1.54, 1.807) is 0 Å². The summed E-state index contributed by atoms with van der Waals surface area (Å²) in [6, 6.07) is 0. The maximum atomic E-state index is 9.19. The van der Waals surface area contributed by atoms with E-state index in [2.05, 4.69) is 35.6 Å². The molecular formula is C5H13MgO3S+2. The van der Waals surface area contributed by atoms with Crippen LogP contribution in [0.3, 0.4) is 0 Å². The summed E-state index contributed by atoms with van der Waals surface area (Å²) in [4.78, 5) is 0. The van der Waals surface area contributed by atoms with Gasteiger partial charge in [-0.1, -0.05) is 6.92 Å². The molecule has 7 radical (unpaired) electrons. The van der Waals surface area contributed by atoms with Gasteiger partial charge in [0.15, 0.2) is 0 Å². The molecule has 3 nitrogen and oxygen atoms in total. The van der Waals surface area contributed by atoms with Crippen molar-refractivity contribution in [3.05, 3.63) is 0 Å². The largest absolute Gasteiger partial charge is 1.42 e. The lowest BCUT2D eigenvalue weighted by Gasteiger charge is -1.69. The molecule has 0 aromatic carbocycles. The van der Waals surface area contributed by atoms with Crippen LogP contribution < -0.4 is 0 Å². The lowest BCUT2D eigenvalue weighted by atomic mass is 10.4. The second-order valence-electron chi connectivity index (χ2n) is 2.25. The summed E-state index contributed by atoms with van der Waals surface area (Å²) in [6.45, 7) is 4.44. The SMILES string of the molecule is CC[CH](C)[Mg+2].CS(=O)(=O)O. The van der Waals surface area contributed by atoms with Crippen LogP contribution in [0.1, 0.15) is 20.3 Å². The first-order valence-electron chi connectivity index (χ1n) is 3.03. The number of hydrogen-bond acceptors (Lipinski definition) is 2. The van der Waals surface area contributed by atoms with Crippen LogP contribution in [0.25, 0.3) is 0 Å². The molecule has 0 amide bonds. The second kappa shape index (κ2) is 6.39. The first kappa shape index (κ1) is 13.3. The fourth-order valence-electron chi connectivity index (χ4n) is 0.